The molecule has 0 bridgehead atoms. The molecule has 2 aromatic carbocycles. The Morgan fingerprint density at radius 1 is 1.07 bits per heavy atom. The largest absolute Gasteiger partial charge is 0.356 e. The number of hydrogen-bond donors (Lipinski definition) is 1. The normalized spacial score (nSPS) is 10.7. The smallest absolute Gasteiger partial charge is 0.269 e. The number of hydrogen-bond acceptors (Lipinski definition) is 6. The molecule has 0 spiro atoms. The molecular formula is C23H19N5OS. The highest BCUT2D eigenvalue weighted by molar-refractivity contribution is 7.98. The number of nitriles is 1. The maximum Gasteiger partial charge on any atom is 0.269 e. The van der Waals surface area contributed by atoms with Gasteiger partial charge in [-0.2, -0.15) is 5.26 Å². The molecule has 0 amide bonds. The van der Waals surface area contributed by atoms with Crippen LogP contribution in [-0.4, -0.2) is 27.3 Å². The van der Waals surface area contributed by atoms with Crippen LogP contribution in [0.2, 0.25) is 0 Å². The van der Waals surface area contributed by atoms with Crippen molar-refractivity contribution in [3.05, 3.63) is 76.6 Å². The summed E-state index contributed by atoms with van der Waals surface area (Å²) >= 11 is 1.37. The van der Waals surface area contributed by atoms with E-state index in [9.17, 15) is 10.1 Å². The number of benzene rings is 2. The van der Waals surface area contributed by atoms with Gasteiger partial charge in [0.2, 0.25) is 5.95 Å². The first-order chi connectivity index (χ1) is 14.7. The molecule has 0 aliphatic rings. The van der Waals surface area contributed by atoms with E-state index in [2.05, 4.69) is 11.4 Å². The maximum absolute atomic E-state index is 13.8. The second kappa shape index (κ2) is 8.39. The van der Waals surface area contributed by atoms with Crippen molar-refractivity contribution >= 4 is 28.6 Å². The second-order valence-electron chi connectivity index (χ2n) is 6.49. The third-order valence-corrected chi connectivity index (χ3v) is 5.37. The molecule has 7 heteroatoms. The van der Waals surface area contributed by atoms with Crippen LogP contribution >= 0.6 is 11.8 Å². The molecule has 6 nitrogen and oxygen atoms in total. The zero-order chi connectivity index (χ0) is 21.1. The van der Waals surface area contributed by atoms with Crippen molar-refractivity contribution in [2.45, 2.75) is 11.9 Å². The predicted molar refractivity (Wildman–Crippen MR) is 121 cm³/mol. The second-order valence-corrected chi connectivity index (χ2v) is 7.28. The Bertz CT molecular complexity index is 1310. The van der Waals surface area contributed by atoms with Crippen LogP contribution in [0.15, 0.2) is 70.5 Å². The summed E-state index contributed by atoms with van der Waals surface area (Å²) < 4.78 is 1.54. The summed E-state index contributed by atoms with van der Waals surface area (Å²) in [5.74, 6) is 0.398. The topological polar surface area (TPSA) is 83.6 Å². The summed E-state index contributed by atoms with van der Waals surface area (Å²) in [6.07, 6.45) is 1.86. The highest BCUT2D eigenvalue weighted by atomic mass is 32.2. The van der Waals surface area contributed by atoms with Crippen molar-refractivity contribution < 1.29 is 0 Å². The first-order valence-electron chi connectivity index (χ1n) is 9.49. The van der Waals surface area contributed by atoms with Crippen molar-refractivity contribution in [1.29, 1.82) is 5.26 Å². The van der Waals surface area contributed by atoms with E-state index in [1.807, 2.05) is 73.8 Å². The molecule has 0 atom stereocenters. The van der Waals surface area contributed by atoms with E-state index in [1.165, 1.54) is 11.8 Å². The number of rotatable bonds is 5. The first-order valence-corrected chi connectivity index (χ1v) is 10.7. The number of nitrogens with one attached hydrogen (secondary N) is 1. The van der Waals surface area contributed by atoms with E-state index in [4.69, 9.17) is 9.97 Å². The van der Waals surface area contributed by atoms with E-state index in [1.54, 1.807) is 4.57 Å². The zero-order valence-corrected chi connectivity index (χ0v) is 17.4. The van der Waals surface area contributed by atoms with Gasteiger partial charge in [0.25, 0.3) is 5.56 Å². The van der Waals surface area contributed by atoms with E-state index in [0.29, 0.717) is 45.4 Å². The quantitative estimate of drug-likeness (QED) is 0.486. The van der Waals surface area contributed by atoms with Crippen molar-refractivity contribution in [1.82, 2.24) is 14.5 Å². The van der Waals surface area contributed by atoms with Gasteiger partial charge in [-0.05, 0) is 25.3 Å². The zero-order valence-electron chi connectivity index (χ0n) is 16.6. The molecule has 0 fully saturated rings. The van der Waals surface area contributed by atoms with E-state index >= 15 is 0 Å². The highest BCUT2D eigenvalue weighted by Gasteiger charge is 2.22. The van der Waals surface area contributed by atoms with Crippen LogP contribution in [-0.2, 0) is 0 Å². The van der Waals surface area contributed by atoms with Crippen LogP contribution in [0, 0.1) is 11.3 Å². The average Bonchev–Trinajstić information content (AvgIpc) is 2.79. The molecule has 30 heavy (non-hydrogen) atoms. The van der Waals surface area contributed by atoms with Crippen LogP contribution in [0.25, 0.3) is 27.8 Å². The molecule has 0 radical (unpaired) electrons. The van der Waals surface area contributed by atoms with Crippen LogP contribution < -0.4 is 10.9 Å². The number of aromatic nitrogens is 3. The van der Waals surface area contributed by atoms with Gasteiger partial charge < -0.3 is 5.32 Å². The van der Waals surface area contributed by atoms with E-state index in [-0.39, 0.29) is 5.56 Å². The average molecular weight is 414 g/mol. The Balaban J connectivity index is 2.21. The SMILES string of the molecule is CCNc1nc2c(C#N)c(SC)nc(-c3ccccc3)c2c(=O)n1-c1ccccc1. The predicted octanol–water partition coefficient (Wildman–Crippen LogP) is 4.47. The van der Waals surface area contributed by atoms with Gasteiger partial charge in [0.1, 0.15) is 22.2 Å². The highest BCUT2D eigenvalue weighted by Crippen LogP contribution is 2.32. The molecule has 0 saturated carbocycles. The van der Waals surface area contributed by atoms with Crippen LogP contribution in [0.4, 0.5) is 5.95 Å². The lowest BCUT2D eigenvalue weighted by atomic mass is 10.1. The molecule has 0 saturated heterocycles. The number of anilines is 1. The summed E-state index contributed by atoms with van der Waals surface area (Å²) in [5, 5.41) is 13.9. The molecular weight excluding hydrogens is 394 g/mol. The number of pyridine rings is 1. The van der Waals surface area contributed by atoms with Crippen molar-refractivity contribution in [2.24, 2.45) is 0 Å². The summed E-state index contributed by atoms with van der Waals surface area (Å²) in [4.78, 5) is 23.3. The fourth-order valence-electron chi connectivity index (χ4n) is 3.38. The summed E-state index contributed by atoms with van der Waals surface area (Å²) in [7, 11) is 0. The number of thioether (sulfide) groups is 1. The molecule has 4 rings (SSSR count). The van der Waals surface area contributed by atoms with Gasteiger partial charge in [0, 0.05) is 12.1 Å². The van der Waals surface area contributed by atoms with Crippen molar-refractivity contribution in [3.8, 4) is 23.0 Å². The molecule has 148 valence electrons. The minimum absolute atomic E-state index is 0.266. The van der Waals surface area contributed by atoms with Crippen LogP contribution in [0.1, 0.15) is 12.5 Å². The minimum Gasteiger partial charge on any atom is -0.356 e. The van der Waals surface area contributed by atoms with Crippen molar-refractivity contribution in [2.75, 3.05) is 18.1 Å². The molecule has 0 unspecified atom stereocenters. The van der Waals surface area contributed by atoms with E-state index in [0.717, 1.165) is 5.56 Å². The summed E-state index contributed by atoms with van der Waals surface area (Å²) in [5.41, 5.74) is 2.44. The van der Waals surface area contributed by atoms with Gasteiger partial charge in [-0.1, -0.05) is 48.5 Å². The monoisotopic (exact) mass is 413 g/mol. The Morgan fingerprint density at radius 3 is 2.33 bits per heavy atom. The van der Waals surface area contributed by atoms with Crippen LogP contribution in [0.3, 0.4) is 0 Å². The van der Waals surface area contributed by atoms with Gasteiger partial charge in [-0.25, -0.2) is 14.5 Å². The maximum atomic E-state index is 13.8. The Morgan fingerprint density at radius 2 is 1.73 bits per heavy atom. The van der Waals surface area contributed by atoms with Crippen LogP contribution in [0.5, 0.6) is 0 Å². The fraction of sp³-hybridized carbons (Fsp3) is 0.130. The van der Waals surface area contributed by atoms with Gasteiger partial charge in [-0.15, -0.1) is 11.8 Å². The summed E-state index contributed by atoms with van der Waals surface area (Å²) in [6, 6.07) is 21.1. The third-order valence-electron chi connectivity index (χ3n) is 4.69. The standard InChI is InChI=1S/C23H19N5OS/c1-3-25-23-27-20-17(14-24)21(30-2)26-19(15-10-6-4-7-11-15)18(20)22(29)28(23)16-12-8-5-9-13-16/h4-13H,3H2,1-2H3,(H,25,27). The third kappa shape index (κ3) is 3.31. The molecule has 2 heterocycles. The lowest BCUT2D eigenvalue weighted by molar-refractivity contribution is 0.943. The molecule has 2 aromatic heterocycles. The lowest BCUT2D eigenvalue weighted by Crippen LogP contribution is -2.25. The Hall–Kier alpha value is -3.63. The molecule has 0 aliphatic carbocycles. The Labute approximate surface area is 178 Å². The number of nitrogens with zero attached hydrogens (tertiary/aromatic N) is 4. The van der Waals surface area contributed by atoms with Gasteiger partial charge in [-0.3, -0.25) is 4.79 Å². The number of para-hydroxylation sites is 1. The Kier molecular flexibility index (Phi) is 5.50. The fourth-order valence-corrected chi connectivity index (χ4v) is 3.91. The molecule has 4 aromatic rings. The number of fused-ring (bicyclic) bond motifs is 1. The van der Waals surface area contributed by atoms with Crippen molar-refractivity contribution in [3.63, 3.8) is 0 Å². The van der Waals surface area contributed by atoms with Gasteiger partial charge in [0.15, 0.2) is 0 Å². The van der Waals surface area contributed by atoms with Gasteiger partial charge in [0.05, 0.1) is 16.8 Å². The summed E-state index contributed by atoms with van der Waals surface area (Å²) in [6.45, 7) is 2.52. The molecule has 0 aliphatic heterocycles. The van der Waals surface area contributed by atoms with Gasteiger partial charge >= 0.3 is 0 Å². The minimum atomic E-state index is -0.266. The molecule has 1 N–H and O–H groups in total. The first kappa shape index (κ1) is 19.7. The van der Waals surface area contributed by atoms with E-state index < -0.39 is 0 Å². The lowest BCUT2D eigenvalue weighted by Gasteiger charge is -2.17.